The SMILES string of the molecule is CCOCC.O=P(O)(O)Oc1ccc(Cc2ccccc2)c(Cc2ccccc2)c1Cc1ccccc1. The number of phosphoric acid groups is 1. The van der Waals surface area contributed by atoms with E-state index in [1.165, 1.54) is 5.56 Å². The highest BCUT2D eigenvalue weighted by atomic mass is 31.2. The molecule has 37 heavy (non-hydrogen) atoms. The quantitative estimate of drug-likeness (QED) is 0.222. The van der Waals surface area contributed by atoms with E-state index < -0.39 is 7.82 Å². The Morgan fingerprint density at radius 3 is 1.43 bits per heavy atom. The largest absolute Gasteiger partial charge is 0.524 e. The summed E-state index contributed by atoms with van der Waals surface area (Å²) in [6.07, 6.45) is 1.88. The molecule has 0 spiro atoms. The van der Waals surface area contributed by atoms with E-state index >= 15 is 0 Å². The van der Waals surface area contributed by atoms with Crippen molar-refractivity contribution in [1.29, 1.82) is 0 Å². The van der Waals surface area contributed by atoms with Gasteiger partial charge in [-0.3, -0.25) is 9.79 Å². The van der Waals surface area contributed by atoms with Crippen LogP contribution in [0.2, 0.25) is 0 Å². The highest BCUT2D eigenvalue weighted by molar-refractivity contribution is 7.46. The maximum absolute atomic E-state index is 11.7. The molecule has 6 heteroatoms. The smallest absolute Gasteiger partial charge is 0.404 e. The van der Waals surface area contributed by atoms with Gasteiger partial charge in [-0.15, -0.1) is 0 Å². The van der Waals surface area contributed by atoms with Crippen LogP contribution in [0.3, 0.4) is 0 Å². The number of ether oxygens (including phenoxy) is 1. The first kappa shape index (κ1) is 28.4. The molecule has 194 valence electrons. The first-order chi connectivity index (χ1) is 17.9. The van der Waals surface area contributed by atoms with Crippen LogP contribution in [-0.2, 0) is 28.6 Å². The molecule has 4 rings (SSSR count). The van der Waals surface area contributed by atoms with Crippen LogP contribution in [0.15, 0.2) is 103 Å². The molecule has 0 aliphatic rings. The van der Waals surface area contributed by atoms with Crippen molar-refractivity contribution in [3.63, 3.8) is 0 Å². The summed E-state index contributed by atoms with van der Waals surface area (Å²) in [7, 11) is -4.70. The fraction of sp³-hybridized carbons (Fsp3) is 0.226. The van der Waals surface area contributed by atoms with E-state index in [1.54, 1.807) is 6.07 Å². The molecule has 5 nitrogen and oxygen atoms in total. The maximum Gasteiger partial charge on any atom is 0.524 e. The lowest BCUT2D eigenvalue weighted by Gasteiger charge is -2.20. The first-order valence-electron chi connectivity index (χ1n) is 12.5. The number of hydrogen-bond acceptors (Lipinski definition) is 3. The van der Waals surface area contributed by atoms with Gasteiger partial charge < -0.3 is 9.26 Å². The van der Waals surface area contributed by atoms with Crippen LogP contribution in [0.4, 0.5) is 0 Å². The third-order valence-corrected chi connectivity index (χ3v) is 6.23. The van der Waals surface area contributed by atoms with Crippen LogP contribution in [0.5, 0.6) is 5.75 Å². The van der Waals surface area contributed by atoms with E-state index in [2.05, 4.69) is 24.3 Å². The predicted molar refractivity (Wildman–Crippen MR) is 149 cm³/mol. The highest BCUT2D eigenvalue weighted by Crippen LogP contribution is 2.42. The van der Waals surface area contributed by atoms with Gasteiger partial charge in [0.15, 0.2) is 0 Å². The Labute approximate surface area is 220 Å². The maximum atomic E-state index is 11.7. The van der Waals surface area contributed by atoms with E-state index in [0.717, 1.165) is 47.5 Å². The van der Waals surface area contributed by atoms with Crippen molar-refractivity contribution in [2.45, 2.75) is 33.1 Å². The van der Waals surface area contributed by atoms with Crippen LogP contribution >= 0.6 is 7.82 Å². The van der Waals surface area contributed by atoms with E-state index in [0.29, 0.717) is 12.8 Å². The fourth-order valence-electron chi connectivity index (χ4n) is 4.13. The Balaban J connectivity index is 0.000000695. The molecule has 4 aromatic rings. The van der Waals surface area contributed by atoms with Gasteiger partial charge in [0.1, 0.15) is 5.75 Å². The van der Waals surface area contributed by atoms with Gasteiger partial charge in [0.25, 0.3) is 0 Å². The van der Waals surface area contributed by atoms with E-state index in [4.69, 9.17) is 9.26 Å². The summed E-state index contributed by atoms with van der Waals surface area (Å²) >= 11 is 0. The summed E-state index contributed by atoms with van der Waals surface area (Å²) in [6, 6.07) is 33.8. The average Bonchev–Trinajstić information content (AvgIpc) is 2.89. The second-order valence-corrected chi connectivity index (χ2v) is 9.69. The molecule has 0 fully saturated rings. The molecule has 0 heterocycles. The lowest BCUT2D eigenvalue weighted by atomic mass is 9.88. The molecule has 4 aromatic carbocycles. The van der Waals surface area contributed by atoms with Gasteiger partial charge >= 0.3 is 7.82 Å². The Kier molecular flexibility index (Phi) is 11.1. The van der Waals surface area contributed by atoms with Crippen molar-refractivity contribution in [2.24, 2.45) is 0 Å². The van der Waals surface area contributed by atoms with Gasteiger partial charge in [-0.05, 0) is 60.6 Å². The molecule has 0 saturated carbocycles. The Bertz CT molecular complexity index is 1250. The molecule has 0 unspecified atom stereocenters. The molecule has 2 N–H and O–H groups in total. The molecule has 0 aliphatic heterocycles. The summed E-state index contributed by atoms with van der Waals surface area (Å²) in [4.78, 5) is 19.1. The summed E-state index contributed by atoms with van der Waals surface area (Å²) < 4.78 is 21.7. The highest BCUT2D eigenvalue weighted by Gasteiger charge is 2.22. The van der Waals surface area contributed by atoms with Gasteiger partial charge in [-0.25, -0.2) is 4.57 Å². The van der Waals surface area contributed by atoms with Crippen molar-refractivity contribution in [2.75, 3.05) is 13.2 Å². The topological polar surface area (TPSA) is 76.0 Å². The van der Waals surface area contributed by atoms with Gasteiger partial charge in [-0.2, -0.15) is 0 Å². The van der Waals surface area contributed by atoms with Gasteiger partial charge in [0, 0.05) is 25.2 Å². The zero-order valence-corrected chi connectivity index (χ0v) is 22.3. The minimum Gasteiger partial charge on any atom is -0.404 e. The summed E-state index contributed by atoms with van der Waals surface area (Å²) in [5.41, 5.74) is 6.31. The number of hydrogen-bond donors (Lipinski definition) is 2. The van der Waals surface area contributed by atoms with Crippen molar-refractivity contribution in [3.05, 3.63) is 137 Å². The van der Waals surface area contributed by atoms with Crippen molar-refractivity contribution in [1.82, 2.24) is 0 Å². The molecule has 0 bridgehead atoms. The average molecular weight is 519 g/mol. The molecule has 0 amide bonds. The molecular weight excluding hydrogens is 483 g/mol. The minimum absolute atomic E-state index is 0.227. The fourth-order valence-corrected chi connectivity index (χ4v) is 4.56. The number of rotatable bonds is 10. The standard InChI is InChI=1S/C27H25O4P.C4H10O/c28-32(29,30)31-27-17-16-24(18-21-10-4-1-5-11-21)25(19-22-12-6-2-7-13-22)26(27)20-23-14-8-3-9-15-23;1-3-5-4-2/h1-17H,18-20H2,(H2,28,29,30);3-4H2,1-2H3. The van der Waals surface area contributed by atoms with Gasteiger partial charge in [0.05, 0.1) is 0 Å². The lowest BCUT2D eigenvalue weighted by molar-refractivity contribution is 0.162. The Hall–Kier alpha value is -3.21. The second-order valence-electron chi connectivity index (χ2n) is 8.53. The first-order valence-corrected chi connectivity index (χ1v) is 14.0. The van der Waals surface area contributed by atoms with Crippen LogP contribution in [0.25, 0.3) is 0 Å². The Morgan fingerprint density at radius 1 is 0.595 bits per heavy atom. The second kappa shape index (κ2) is 14.5. The molecule has 0 radical (unpaired) electrons. The minimum atomic E-state index is -4.70. The third kappa shape index (κ3) is 9.64. The van der Waals surface area contributed by atoms with Crippen molar-refractivity contribution >= 4 is 7.82 Å². The predicted octanol–water partition coefficient (Wildman–Crippen LogP) is 6.97. The molecule has 0 aromatic heterocycles. The van der Waals surface area contributed by atoms with E-state index in [-0.39, 0.29) is 5.75 Å². The number of phosphoric ester groups is 1. The van der Waals surface area contributed by atoms with Crippen LogP contribution < -0.4 is 4.52 Å². The lowest BCUT2D eigenvalue weighted by Crippen LogP contribution is -2.06. The van der Waals surface area contributed by atoms with Crippen molar-refractivity contribution < 1.29 is 23.6 Å². The number of benzene rings is 4. The van der Waals surface area contributed by atoms with E-state index in [9.17, 15) is 14.4 Å². The third-order valence-electron chi connectivity index (χ3n) is 5.80. The molecule has 0 aliphatic carbocycles. The van der Waals surface area contributed by atoms with Crippen molar-refractivity contribution in [3.8, 4) is 5.75 Å². The zero-order chi connectivity index (χ0) is 26.5. The van der Waals surface area contributed by atoms with Gasteiger partial charge in [-0.1, -0.05) is 97.1 Å². The van der Waals surface area contributed by atoms with Crippen LogP contribution in [0.1, 0.15) is 47.2 Å². The van der Waals surface area contributed by atoms with Gasteiger partial charge in [0.2, 0.25) is 0 Å². The monoisotopic (exact) mass is 518 g/mol. The molecule has 0 atom stereocenters. The van der Waals surface area contributed by atoms with Crippen LogP contribution in [-0.4, -0.2) is 23.0 Å². The molecular formula is C31H35O5P. The van der Waals surface area contributed by atoms with E-state index in [1.807, 2.05) is 86.6 Å². The normalized spacial score (nSPS) is 10.9. The molecule has 0 saturated heterocycles. The summed E-state index contributed by atoms with van der Waals surface area (Å²) in [5, 5.41) is 0. The summed E-state index contributed by atoms with van der Waals surface area (Å²) in [5.74, 6) is 0.227. The zero-order valence-electron chi connectivity index (χ0n) is 21.4. The summed E-state index contributed by atoms with van der Waals surface area (Å²) in [6.45, 7) is 5.67. The van der Waals surface area contributed by atoms with Crippen LogP contribution in [0, 0.1) is 0 Å². The Morgan fingerprint density at radius 2 is 1.03 bits per heavy atom.